The monoisotopic (exact) mass is 291 g/mol. The zero-order chi connectivity index (χ0) is 15.0. The Balaban J connectivity index is 1.95. The molecule has 7 heteroatoms. The highest BCUT2D eigenvalue weighted by atomic mass is 19.1. The van der Waals surface area contributed by atoms with Crippen molar-refractivity contribution in [2.45, 2.75) is 19.4 Å². The Hall–Kier alpha value is -2.44. The maximum Gasteiger partial charge on any atom is 0.360 e. The fraction of sp³-hybridized carbons (Fsp3) is 0.357. The molecular weight excluding hydrogens is 277 g/mol. The van der Waals surface area contributed by atoms with Crippen LogP contribution in [0.15, 0.2) is 18.5 Å². The van der Waals surface area contributed by atoms with Gasteiger partial charge < -0.3 is 9.84 Å². The van der Waals surface area contributed by atoms with Crippen molar-refractivity contribution in [3.8, 4) is 17.0 Å². The van der Waals surface area contributed by atoms with Crippen LogP contribution in [0.4, 0.5) is 4.39 Å². The molecule has 0 aliphatic heterocycles. The van der Waals surface area contributed by atoms with Crippen molar-refractivity contribution in [3.05, 3.63) is 30.0 Å². The van der Waals surface area contributed by atoms with Gasteiger partial charge in [-0.1, -0.05) is 0 Å². The highest BCUT2D eigenvalue weighted by Crippen LogP contribution is 2.31. The van der Waals surface area contributed by atoms with Gasteiger partial charge in [-0.3, -0.25) is 4.68 Å². The predicted molar refractivity (Wildman–Crippen MR) is 71.1 cm³/mol. The van der Waals surface area contributed by atoms with Crippen molar-refractivity contribution < 1.29 is 19.0 Å². The standard InChI is InChI=1S/C14H14FN3O3/c1-21-14(20)12-13(19)10(15)4-11(17-12)9-5-16-18(7-9)6-8-2-3-8/h4-5,7-8,19H,2-3,6H2,1H3. The summed E-state index contributed by atoms with van der Waals surface area (Å²) in [5.74, 6) is -1.96. The number of methoxy groups -OCH3 is 1. The summed E-state index contributed by atoms with van der Waals surface area (Å²) in [5, 5.41) is 13.7. The molecule has 0 aromatic carbocycles. The number of halogens is 1. The fourth-order valence-electron chi connectivity index (χ4n) is 2.05. The molecule has 0 spiro atoms. The molecule has 1 fully saturated rings. The van der Waals surface area contributed by atoms with E-state index in [-0.39, 0.29) is 5.69 Å². The van der Waals surface area contributed by atoms with Crippen LogP contribution in [0.1, 0.15) is 23.3 Å². The van der Waals surface area contributed by atoms with Gasteiger partial charge in [0.1, 0.15) is 0 Å². The minimum atomic E-state index is -0.921. The molecule has 0 unspecified atom stereocenters. The average Bonchev–Trinajstić information content (AvgIpc) is 3.16. The van der Waals surface area contributed by atoms with Gasteiger partial charge in [-0.15, -0.1) is 0 Å². The number of pyridine rings is 1. The van der Waals surface area contributed by atoms with E-state index in [2.05, 4.69) is 14.8 Å². The van der Waals surface area contributed by atoms with Gasteiger partial charge >= 0.3 is 5.97 Å². The van der Waals surface area contributed by atoms with Gasteiger partial charge in [0.2, 0.25) is 0 Å². The zero-order valence-electron chi connectivity index (χ0n) is 11.4. The van der Waals surface area contributed by atoms with Crippen LogP contribution >= 0.6 is 0 Å². The summed E-state index contributed by atoms with van der Waals surface area (Å²) in [4.78, 5) is 15.5. The minimum Gasteiger partial charge on any atom is -0.503 e. The van der Waals surface area contributed by atoms with Crippen LogP contribution in [-0.2, 0) is 11.3 Å². The Morgan fingerprint density at radius 2 is 2.33 bits per heavy atom. The number of hydrogen-bond acceptors (Lipinski definition) is 5. The molecule has 1 N–H and O–H groups in total. The molecule has 1 aliphatic carbocycles. The van der Waals surface area contributed by atoms with E-state index in [1.807, 2.05) is 0 Å². The summed E-state index contributed by atoms with van der Waals surface area (Å²) in [5.41, 5.74) is 0.370. The van der Waals surface area contributed by atoms with Crippen LogP contribution in [0.2, 0.25) is 0 Å². The van der Waals surface area contributed by atoms with Gasteiger partial charge in [0.05, 0.1) is 19.0 Å². The van der Waals surface area contributed by atoms with Crippen LogP contribution in [0.25, 0.3) is 11.3 Å². The summed E-state index contributed by atoms with van der Waals surface area (Å²) in [6.45, 7) is 0.824. The van der Waals surface area contributed by atoms with E-state index in [1.54, 1.807) is 17.1 Å². The van der Waals surface area contributed by atoms with Crippen molar-refractivity contribution >= 4 is 5.97 Å². The summed E-state index contributed by atoms with van der Waals surface area (Å²) < 4.78 is 20.0. The molecule has 0 amide bonds. The second-order valence-electron chi connectivity index (χ2n) is 5.07. The summed E-state index contributed by atoms with van der Waals surface area (Å²) in [6, 6.07) is 1.07. The minimum absolute atomic E-state index is 0.229. The van der Waals surface area contributed by atoms with Gasteiger partial charge in [0.15, 0.2) is 17.3 Å². The number of rotatable bonds is 4. The number of carbonyl (C=O) groups is 1. The Morgan fingerprint density at radius 1 is 1.57 bits per heavy atom. The average molecular weight is 291 g/mol. The topological polar surface area (TPSA) is 77.2 Å². The summed E-state index contributed by atoms with van der Waals surface area (Å²) in [6.07, 6.45) is 5.71. The van der Waals surface area contributed by atoms with Crippen LogP contribution in [-0.4, -0.2) is 33.0 Å². The quantitative estimate of drug-likeness (QED) is 0.872. The molecule has 2 aromatic heterocycles. The van der Waals surface area contributed by atoms with Crippen molar-refractivity contribution in [1.29, 1.82) is 0 Å². The lowest BCUT2D eigenvalue weighted by Gasteiger charge is -2.05. The summed E-state index contributed by atoms with van der Waals surface area (Å²) in [7, 11) is 1.14. The Kier molecular flexibility index (Phi) is 3.32. The van der Waals surface area contributed by atoms with Gasteiger partial charge in [-0.05, 0) is 18.8 Å². The first kappa shape index (κ1) is 13.5. The second kappa shape index (κ2) is 5.16. The third-order valence-corrected chi connectivity index (χ3v) is 3.40. The number of ether oxygens (including phenoxy) is 1. The molecule has 6 nitrogen and oxygen atoms in total. The third-order valence-electron chi connectivity index (χ3n) is 3.40. The maximum atomic E-state index is 13.7. The molecule has 3 rings (SSSR count). The lowest BCUT2D eigenvalue weighted by molar-refractivity contribution is 0.0589. The maximum absolute atomic E-state index is 13.7. The van der Waals surface area contributed by atoms with E-state index in [4.69, 9.17) is 0 Å². The van der Waals surface area contributed by atoms with Crippen LogP contribution in [0.3, 0.4) is 0 Å². The van der Waals surface area contributed by atoms with Gasteiger partial charge in [-0.25, -0.2) is 14.2 Å². The van der Waals surface area contributed by atoms with E-state index in [0.29, 0.717) is 11.5 Å². The molecule has 0 atom stereocenters. The predicted octanol–water partition coefficient (Wildman–Crippen LogP) is 1.99. The van der Waals surface area contributed by atoms with Crippen LogP contribution < -0.4 is 0 Å². The molecule has 110 valence electrons. The SMILES string of the molecule is COC(=O)c1nc(-c2cnn(CC3CC3)c2)cc(F)c1O. The van der Waals surface area contributed by atoms with Gasteiger partial charge in [-0.2, -0.15) is 5.10 Å². The molecule has 0 radical (unpaired) electrons. The van der Waals surface area contributed by atoms with Crippen LogP contribution in [0, 0.1) is 11.7 Å². The van der Waals surface area contributed by atoms with Crippen LogP contribution in [0.5, 0.6) is 5.75 Å². The fourth-order valence-corrected chi connectivity index (χ4v) is 2.05. The number of esters is 1. The third kappa shape index (κ3) is 2.72. The summed E-state index contributed by atoms with van der Waals surface area (Å²) >= 11 is 0. The van der Waals surface area contributed by atoms with E-state index in [9.17, 15) is 14.3 Å². The highest BCUT2D eigenvalue weighted by Gasteiger charge is 2.23. The molecule has 1 saturated carbocycles. The molecule has 2 heterocycles. The van der Waals surface area contributed by atoms with Gasteiger partial charge in [0, 0.05) is 24.4 Å². The normalized spacial score (nSPS) is 14.2. The molecule has 2 aromatic rings. The zero-order valence-corrected chi connectivity index (χ0v) is 11.4. The molecule has 0 bridgehead atoms. The van der Waals surface area contributed by atoms with Crippen molar-refractivity contribution in [2.24, 2.45) is 5.92 Å². The van der Waals surface area contributed by atoms with E-state index in [0.717, 1.165) is 19.7 Å². The van der Waals surface area contributed by atoms with Crippen molar-refractivity contribution in [2.75, 3.05) is 7.11 Å². The first-order valence-corrected chi connectivity index (χ1v) is 6.59. The number of nitrogens with zero attached hydrogens (tertiary/aromatic N) is 3. The number of aromatic nitrogens is 3. The Morgan fingerprint density at radius 3 is 3.00 bits per heavy atom. The smallest absolute Gasteiger partial charge is 0.360 e. The number of hydrogen-bond donors (Lipinski definition) is 1. The number of carbonyl (C=O) groups excluding carboxylic acids is 1. The molecule has 21 heavy (non-hydrogen) atoms. The van der Waals surface area contributed by atoms with Gasteiger partial charge in [0.25, 0.3) is 0 Å². The Labute approximate surface area is 120 Å². The molecular formula is C14H14FN3O3. The molecule has 0 saturated heterocycles. The van der Waals surface area contributed by atoms with E-state index in [1.165, 1.54) is 12.8 Å². The molecule has 1 aliphatic rings. The number of aromatic hydroxyl groups is 1. The van der Waals surface area contributed by atoms with Crippen molar-refractivity contribution in [1.82, 2.24) is 14.8 Å². The van der Waals surface area contributed by atoms with Crippen molar-refractivity contribution in [3.63, 3.8) is 0 Å². The highest BCUT2D eigenvalue weighted by molar-refractivity contribution is 5.90. The first-order chi connectivity index (χ1) is 10.1. The lowest BCUT2D eigenvalue weighted by atomic mass is 10.2. The second-order valence-corrected chi connectivity index (χ2v) is 5.07. The largest absolute Gasteiger partial charge is 0.503 e. The Bertz CT molecular complexity index is 695. The van der Waals surface area contributed by atoms with E-state index >= 15 is 0 Å². The van der Waals surface area contributed by atoms with E-state index < -0.39 is 23.2 Å². The lowest BCUT2D eigenvalue weighted by Crippen LogP contribution is -2.06. The first-order valence-electron chi connectivity index (χ1n) is 6.59.